The van der Waals surface area contributed by atoms with Gasteiger partial charge in [0.05, 0.1) is 13.7 Å². The molecule has 0 atom stereocenters. The Kier molecular flexibility index (Phi) is 2.97. The van der Waals surface area contributed by atoms with Crippen LogP contribution in [0.4, 0.5) is 9.59 Å². The van der Waals surface area contributed by atoms with Gasteiger partial charge in [-0.25, -0.2) is 0 Å². The van der Waals surface area contributed by atoms with Gasteiger partial charge in [0.1, 0.15) is 6.54 Å². The van der Waals surface area contributed by atoms with Crippen LogP contribution in [0, 0.1) is 0 Å². The zero-order valence-electron chi connectivity index (χ0n) is 6.02. The van der Waals surface area contributed by atoms with E-state index in [2.05, 4.69) is 0 Å². The third kappa shape index (κ3) is 1.89. The summed E-state index contributed by atoms with van der Waals surface area (Å²) in [6.07, 6.45) is -2.99. The van der Waals surface area contributed by atoms with E-state index in [-0.39, 0.29) is 6.54 Å². The molecule has 64 valence electrons. The van der Waals surface area contributed by atoms with Crippen molar-refractivity contribution < 1.29 is 29.4 Å². The lowest BCUT2D eigenvalue weighted by Crippen LogP contribution is -2.54. The van der Waals surface area contributed by atoms with Crippen LogP contribution in [0.3, 0.4) is 0 Å². The summed E-state index contributed by atoms with van der Waals surface area (Å²) in [4.78, 5) is 20.7. The Morgan fingerprint density at radius 3 is 1.73 bits per heavy atom. The number of likely N-dealkylation sites (N-methyl/N-ethyl adjacent to an activating group) is 1. The average Bonchev–Trinajstić information content (AvgIpc) is 1.87. The monoisotopic (exact) mass is 164 g/mol. The van der Waals surface area contributed by atoms with E-state index in [0.29, 0.717) is 0 Å². The Morgan fingerprint density at radius 2 is 1.64 bits per heavy atom. The van der Waals surface area contributed by atoms with Gasteiger partial charge in [0.2, 0.25) is 0 Å². The van der Waals surface area contributed by atoms with Crippen molar-refractivity contribution in [2.45, 2.75) is 0 Å². The van der Waals surface area contributed by atoms with Gasteiger partial charge in [-0.1, -0.05) is 0 Å². The molecule has 0 aromatic heterocycles. The number of hydrogen-bond donors (Lipinski definition) is 3. The molecule has 0 saturated carbocycles. The second kappa shape index (κ2) is 3.31. The van der Waals surface area contributed by atoms with Gasteiger partial charge in [-0.05, 0) is 0 Å². The third-order valence-corrected chi connectivity index (χ3v) is 1.39. The van der Waals surface area contributed by atoms with Crippen LogP contribution in [0.25, 0.3) is 0 Å². The van der Waals surface area contributed by atoms with Gasteiger partial charge < -0.3 is 15.3 Å². The van der Waals surface area contributed by atoms with Crippen molar-refractivity contribution in [3.63, 3.8) is 0 Å². The fourth-order valence-electron chi connectivity index (χ4n) is 0.473. The molecule has 0 rings (SSSR count). The molecule has 0 unspecified atom stereocenters. The van der Waals surface area contributed by atoms with Crippen LogP contribution in [0.5, 0.6) is 0 Å². The standard InChI is InChI=1S/C5H9NO5/c1-6(2-3-7,4(8)9)5(10)11/h7H,2-3H2,1H3,(H-,8,9,10,11)/p+1. The van der Waals surface area contributed by atoms with Crippen LogP contribution >= 0.6 is 0 Å². The van der Waals surface area contributed by atoms with Crippen LogP contribution in [-0.2, 0) is 0 Å². The molecule has 11 heavy (non-hydrogen) atoms. The van der Waals surface area contributed by atoms with E-state index < -0.39 is 23.3 Å². The topological polar surface area (TPSA) is 94.8 Å². The summed E-state index contributed by atoms with van der Waals surface area (Å²) < 4.78 is -1.21. The Labute approximate surface area is 62.9 Å². The number of rotatable bonds is 2. The summed E-state index contributed by atoms with van der Waals surface area (Å²) in [5, 5.41) is 25.2. The first-order chi connectivity index (χ1) is 4.95. The molecule has 0 aliphatic heterocycles. The van der Waals surface area contributed by atoms with Crippen LogP contribution in [-0.4, -0.2) is 52.2 Å². The average molecular weight is 164 g/mol. The van der Waals surface area contributed by atoms with Crippen LogP contribution in [0.1, 0.15) is 0 Å². The third-order valence-electron chi connectivity index (χ3n) is 1.39. The van der Waals surface area contributed by atoms with Crippen molar-refractivity contribution in [2.75, 3.05) is 20.2 Å². The highest BCUT2D eigenvalue weighted by Crippen LogP contribution is 2.02. The van der Waals surface area contributed by atoms with Crippen molar-refractivity contribution in [1.82, 2.24) is 0 Å². The Bertz CT molecular complexity index is 164. The highest BCUT2D eigenvalue weighted by molar-refractivity contribution is 5.73. The maximum Gasteiger partial charge on any atom is 0.524 e. The predicted molar refractivity (Wildman–Crippen MR) is 34.2 cm³/mol. The van der Waals surface area contributed by atoms with Crippen LogP contribution in [0.2, 0.25) is 0 Å². The molecule has 0 aliphatic carbocycles. The first-order valence-electron chi connectivity index (χ1n) is 2.88. The Balaban J connectivity index is 4.52. The molecule has 0 heterocycles. The van der Waals surface area contributed by atoms with Gasteiger partial charge in [0.25, 0.3) is 0 Å². The molecule has 0 aromatic rings. The van der Waals surface area contributed by atoms with E-state index in [4.69, 9.17) is 15.3 Å². The van der Waals surface area contributed by atoms with Crippen molar-refractivity contribution in [3.05, 3.63) is 0 Å². The zero-order chi connectivity index (χ0) is 9.07. The molecule has 0 saturated heterocycles. The summed E-state index contributed by atoms with van der Waals surface area (Å²) in [6, 6.07) is 0. The fourth-order valence-corrected chi connectivity index (χ4v) is 0.473. The quantitative estimate of drug-likeness (QED) is 0.490. The van der Waals surface area contributed by atoms with Crippen molar-refractivity contribution >= 4 is 12.2 Å². The van der Waals surface area contributed by atoms with Crippen molar-refractivity contribution in [1.29, 1.82) is 0 Å². The number of aliphatic hydroxyl groups excluding tert-OH is 1. The Hall–Kier alpha value is -1.14. The number of aliphatic hydroxyl groups is 1. The van der Waals surface area contributed by atoms with Crippen molar-refractivity contribution in [3.8, 4) is 0 Å². The molecule has 3 N–H and O–H groups in total. The molecular formula is C5H10NO5+. The van der Waals surface area contributed by atoms with Gasteiger partial charge in [-0.3, -0.25) is 0 Å². The summed E-state index contributed by atoms with van der Waals surface area (Å²) in [5.74, 6) is 0. The molecule has 0 radical (unpaired) electrons. The number of carboxylic acid groups (broad SMARTS) is 2. The lowest BCUT2D eigenvalue weighted by molar-refractivity contribution is -0.763. The van der Waals surface area contributed by atoms with E-state index in [1.165, 1.54) is 0 Å². The smallest absolute Gasteiger partial charge is 0.435 e. The number of nitrogens with zero attached hydrogens (tertiary/aromatic N) is 1. The Morgan fingerprint density at radius 1 is 1.27 bits per heavy atom. The molecule has 0 spiro atoms. The molecule has 6 heteroatoms. The van der Waals surface area contributed by atoms with Gasteiger partial charge >= 0.3 is 12.2 Å². The minimum Gasteiger partial charge on any atom is -0.435 e. The second-order valence-electron chi connectivity index (χ2n) is 2.20. The largest absolute Gasteiger partial charge is 0.524 e. The molecule has 0 aromatic carbocycles. The molecule has 6 nitrogen and oxygen atoms in total. The van der Waals surface area contributed by atoms with Crippen molar-refractivity contribution in [2.24, 2.45) is 0 Å². The van der Waals surface area contributed by atoms with Gasteiger partial charge in [0.15, 0.2) is 0 Å². The number of amides is 2. The first kappa shape index (κ1) is 9.86. The minimum absolute atomic E-state index is 0.343. The summed E-state index contributed by atoms with van der Waals surface area (Å²) in [5.41, 5.74) is 0. The summed E-state index contributed by atoms with van der Waals surface area (Å²) >= 11 is 0. The molecule has 0 bridgehead atoms. The van der Waals surface area contributed by atoms with Gasteiger partial charge in [0, 0.05) is 0 Å². The summed E-state index contributed by atoms with van der Waals surface area (Å²) in [6.45, 7) is -0.820. The summed E-state index contributed by atoms with van der Waals surface area (Å²) in [7, 11) is 1.00. The molecule has 0 aliphatic rings. The number of quaternary nitrogens is 1. The predicted octanol–water partition coefficient (Wildman–Crippen LogP) is -0.219. The minimum atomic E-state index is -1.49. The van der Waals surface area contributed by atoms with Gasteiger partial charge in [-0.15, -0.1) is 4.48 Å². The number of carbonyl (C=O) groups is 2. The second-order valence-corrected chi connectivity index (χ2v) is 2.20. The lowest BCUT2D eigenvalue weighted by atomic mass is 10.5. The van der Waals surface area contributed by atoms with E-state index >= 15 is 0 Å². The maximum absolute atomic E-state index is 10.3. The van der Waals surface area contributed by atoms with E-state index in [1.807, 2.05) is 0 Å². The fraction of sp³-hybridized carbons (Fsp3) is 0.600. The first-order valence-corrected chi connectivity index (χ1v) is 2.88. The lowest BCUT2D eigenvalue weighted by Gasteiger charge is -2.19. The molecular weight excluding hydrogens is 154 g/mol. The van der Waals surface area contributed by atoms with Gasteiger partial charge in [-0.2, -0.15) is 9.59 Å². The molecule has 0 fully saturated rings. The number of hydrogen-bond acceptors (Lipinski definition) is 3. The van der Waals surface area contributed by atoms with E-state index in [0.717, 1.165) is 7.05 Å². The highest BCUT2D eigenvalue weighted by Gasteiger charge is 2.40. The van der Waals surface area contributed by atoms with Crippen LogP contribution in [0.15, 0.2) is 0 Å². The van der Waals surface area contributed by atoms with Crippen LogP contribution < -0.4 is 0 Å². The zero-order valence-corrected chi connectivity index (χ0v) is 6.02. The van der Waals surface area contributed by atoms with E-state index in [1.54, 1.807) is 0 Å². The maximum atomic E-state index is 10.3. The number of imide groups is 1. The molecule has 2 amide bonds. The highest BCUT2D eigenvalue weighted by atomic mass is 16.4. The van der Waals surface area contributed by atoms with E-state index in [9.17, 15) is 9.59 Å². The SMILES string of the molecule is C[N+](CCO)(C(=O)O)C(=O)O. The normalized spacial score (nSPS) is 11.1.